The Morgan fingerprint density at radius 2 is 1.72 bits per heavy atom. The van der Waals surface area contributed by atoms with E-state index in [1.165, 1.54) is 22.7 Å². The number of benzene rings is 2. The molecule has 2 aromatic rings. The smallest absolute Gasteiger partial charge is 0.242 e. The van der Waals surface area contributed by atoms with E-state index < -0.39 is 6.04 Å². The van der Waals surface area contributed by atoms with Gasteiger partial charge in [0, 0.05) is 23.9 Å². The molecule has 0 heterocycles. The highest BCUT2D eigenvalue weighted by molar-refractivity contribution is 7.99. The average molecular weight is 417 g/mol. The van der Waals surface area contributed by atoms with Gasteiger partial charge in [0.2, 0.25) is 11.8 Å². The summed E-state index contributed by atoms with van der Waals surface area (Å²) in [4.78, 5) is 27.0. The summed E-state index contributed by atoms with van der Waals surface area (Å²) < 4.78 is 14.2. The van der Waals surface area contributed by atoms with Crippen LogP contribution in [-0.2, 0) is 21.9 Å². The largest absolute Gasteiger partial charge is 0.352 e. The minimum atomic E-state index is -0.687. The lowest BCUT2D eigenvalue weighted by Gasteiger charge is -2.29. The normalized spacial score (nSPS) is 12.8. The Morgan fingerprint density at radius 1 is 1.07 bits per heavy atom. The van der Waals surface area contributed by atoms with Crippen LogP contribution in [-0.4, -0.2) is 34.6 Å². The summed E-state index contributed by atoms with van der Waals surface area (Å²) in [5, 5.41) is 2.91. The van der Waals surface area contributed by atoms with Crippen molar-refractivity contribution in [2.24, 2.45) is 0 Å². The lowest BCUT2D eigenvalue weighted by molar-refractivity contribution is -0.139. The van der Waals surface area contributed by atoms with E-state index in [1.54, 1.807) is 25.1 Å². The molecule has 2 atom stereocenters. The summed E-state index contributed by atoms with van der Waals surface area (Å²) in [5.41, 5.74) is 1.53. The van der Waals surface area contributed by atoms with Crippen molar-refractivity contribution in [3.05, 3.63) is 71.5 Å². The van der Waals surface area contributed by atoms with Gasteiger partial charge in [0.15, 0.2) is 0 Å². The Morgan fingerprint density at radius 3 is 2.38 bits per heavy atom. The number of rotatable bonds is 10. The predicted molar refractivity (Wildman–Crippen MR) is 117 cm³/mol. The number of halogens is 1. The van der Waals surface area contributed by atoms with E-state index in [4.69, 9.17) is 0 Å². The second kappa shape index (κ2) is 11.6. The molecule has 4 nitrogen and oxygen atoms in total. The molecule has 0 spiro atoms. The molecule has 2 rings (SSSR count). The zero-order valence-electron chi connectivity index (χ0n) is 17.2. The molecule has 6 heteroatoms. The lowest BCUT2D eigenvalue weighted by Crippen LogP contribution is -2.50. The number of thioether (sulfide) groups is 1. The highest BCUT2D eigenvalue weighted by Crippen LogP contribution is 2.17. The van der Waals surface area contributed by atoms with Crippen molar-refractivity contribution in [3.8, 4) is 0 Å². The lowest BCUT2D eigenvalue weighted by atomic mass is 10.1. The molecule has 0 aliphatic carbocycles. The van der Waals surface area contributed by atoms with Crippen LogP contribution in [0.4, 0.5) is 4.39 Å². The van der Waals surface area contributed by atoms with Crippen LogP contribution in [0.3, 0.4) is 0 Å². The first-order valence-corrected chi connectivity index (χ1v) is 11.0. The molecule has 0 aliphatic rings. The van der Waals surface area contributed by atoms with Gasteiger partial charge in [-0.2, -0.15) is 0 Å². The van der Waals surface area contributed by atoms with Gasteiger partial charge in [-0.15, -0.1) is 11.8 Å². The summed E-state index contributed by atoms with van der Waals surface area (Å²) in [6.07, 6.45) is 0.798. The third-order valence-electron chi connectivity index (χ3n) is 4.80. The van der Waals surface area contributed by atoms with Crippen LogP contribution in [0.5, 0.6) is 0 Å². The van der Waals surface area contributed by atoms with Crippen LogP contribution >= 0.6 is 11.8 Å². The van der Waals surface area contributed by atoms with Crippen molar-refractivity contribution in [3.63, 3.8) is 0 Å². The van der Waals surface area contributed by atoms with E-state index in [-0.39, 0.29) is 36.0 Å². The number of nitrogens with zero attached hydrogens (tertiary/aromatic N) is 1. The van der Waals surface area contributed by atoms with E-state index in [1.807, 2.05) is 44.2 Å². The fourth-order valence-corrected chi connectivity index (χ4v) is 3.64. The van der Waals surface area contributed by atoms with Gasteiger partial charge in [-0.05, 0) is 31.9 Å². The molecule has 0 saturated heterocycles. The highest BCUT2D eigenvalue weighted by atomic mass is 32.2. The van der Waals surface area contributed by atoms with Crippen LogP contribution in [0.1, 0.15) is 38.3 Å². The zero-order chi connectivity index (χ0) is 21.2. The molecule has 0 radical (unpaired) electrons. The number of nitrogens with one attached hydrogen (secondary N) is 1. The van der Waals surface area contributed by atoms with E-state index in [9.17, 15) is 14.0 Å². The molecule has 1 N–H and O–H groups in total. The maximum absolute atomic E-state index is 14.2. The van der Waals surface area contributed by atoms with Crippen LogP contribution in [0, 0.1) is 5.82 Å². The maximum Gasteiger partial charge on any atom is 0.242 e. The minimum absolute atomic E-state index is 0.0165. The van der Waals surface area contributed by atoms with Gasteiger partial charge >= 0.3 is 0 Å². The molecule has 0 aliphatic heterocycles. The Hall–Kier alpha value is -2.34. The highest BCUT2D eigenvalue weighted by Gasteiger charge is 2.27. The molecule has 2 aromatic carbocycles. The summed E-state index contributed by atoms with van der Waals surface area (Å²) in [6, 6.07) is 15.6. The summed E-state index contributed by atoms with van der Waals surface area (Å²) in [7, 11) is 0. The van der Waals surface area contributed by atoms with Gasteiger partial charge in [-0.1, -0.05) is 55.5 Å². The molecule has 0 saturated carbocycles. The van der Waals surface area contributed by atoms with Crippen molar-refractivity contribution in [2.45, 2.75) is 51.6 Å². The predicted octanol–water partition coefficient (Wildman–Crippen LogP) is 4.39. The van der Waals surface area contributed by atoms with Crippen LogP contribution in [0.15, 0.2) is 54.6 Å². The Kier molecular flexibility index (Phi) is 9.19. The summed E-state index contributed by atoms with van der Waals surface area (Å²) in [5.74, 6) is 0.146. The first kappa shape index (κ1) is 22.9. The van der Waals surface area contributed by atoms with Crippen molar-refractivity contribution < 1.29 is 14.0 Å². The number of carbonyl (C=O) groups excluding carboxylic acids is 2. The molecule has 0 fully saturated rings. The number of carbonyl (C=O) groups is 2. The first-order chi connectivity index (χ1) is 13.9. The van der Waals surface area contributed by atoms with Crippen LogP contribution in [0.25, 0.3) is 0 Å². The van der Waals surface area contributed by atoms with Gasteiger partial charge in [-0.3, -0.25) is 9.59 Å². The third kappa shape index (κ3) is 7.20. The van der Waals surface area contributed by atoms with Crippen LogP contribution < -0.4 is 5.32 Å². The minimum Gasteiger partial charge on any atom is -0.352 e. The number of hydrogen-bond acceptors (Lipinski definition) is 3. The Balaban J connectivity index is 2.08. The Labute approximate surface area is 176 Å². The monoisotopic (exact) mass is 416 g/mol. The SMILES string of the molecule is CC[C@H](C)NC(=O)[C@@H](C)N(Cc1ccccc1F)C(=O)CSCc1ccccc1. The summed E-state index contributed by atoms with van der Waals surface area (Å²) >= 11 is 1.49. The third-order valence-corrected chi connectivity index (χ3v) is 5.79. The molecule has 0 unspecified atom stereocenters. The molecule has 0 bridgehead atoms. The fourth-order valence-electron chi connectivity index (χ4n) is 2.77. The molecule has 29 heavy (non-hydrogen) atoms. The topological polar surface area (TPSA) is 49.4 Å². The van der Waals surface area contributed by atoms with E-state index in [0.29, 0.717) is 11.3 Å². The summed E-state index contributed by atoms with van der Waals surface area (Å²) in [6.45, 7) is 5.66. The van der Waals surface area contributed by atoms with Gasteiger partial charge in [0.1, 0.15) is 11.9 Å². The standard InChI is InChI=1S/C23H29FN2O2S/c1-4-17(2)25-23(28)18(3)26(14-20-12-8-9-13-21(20)24)22(27)16-29-15-19-10-6-5-7-11-19/h5-13,17-18H,4,14-16H2,1-3H3,(H,25,28)/t17-,18+/m0/s1. The van der Waals surface area contributed by atoms with Crippen molar-refractivity contribution >= 4 is 23.6 Å². The maximum atomic E-state index is 14.2. The van der Waals surface area contributed by atoms with Gasteiger partial charge in [0.25, 0.3) is 0 Å². The fraction of sp³-hybridized carbons (Fsp3) is 0.391. The zero-order valence-corrected chi connectivity index (χ0v) is 18.0. The van der Waals surface area contributed by atoms with Gasteiger partial charge < -0.3 is 10.2 Å². The quantitative estimate of drug-likeness (QED) is 0.625. The Bertz CT molecular complexity index is 800. The van der Waals surface area contributed by atoms with E-state index >= 15 is 0 Å². The molecule has 2 amide bonds. The van der Waals surface area contributed by atoms with Gasteiger partial charge in [-0.25, -0.2) is 4.39 Å². The number of hydrogen-bond donors (Lipinski definition) is 1. The second-order valence-corrected chi connectivity index (χ2v) is 8.07. The number of amides is 2. The van der Waals surface area contributed by atoms with E-state index in [2.05, 4.69) is 5.32 Å². The van der Waals surface area contributed by atoms with Gasteiger partial charge in [0.05, 0.1) is 5.75 Å². The molecule has 156 valence electrons. The second-order valence-electron chi connectivity index (χ2n) is 7.09. The van der Waals surface area contributed by atoms with E-state index in [0.717, 1.165) is 12.0 Å². The molecule has 0 aromatic heterocycles. The van der Waals surface area contributed by atoms with Crippen molar-refractivity contribution in [1.29, 1.82) is 0 Å². The molecular weight excluding hydrogens is 387 g/mol. The van der Waals surface area contributed by atoms with Crippen molar-refractivity contribution in [2.75, 3.05) is 5.75 Å². The van der Waals surface area contributed by atoms with Crippen LogP contribution in [0.2, 0.25) is 0 Å². The average Bonchev–Trinajstić information content (AvgIpc) is 2.73. The molecular formula is C23H29FN2O2S. The van der Waals surface area contributed by atoms with Crippen molar-refractivity contribution in [1.82, 2.24) is 10.2 Å². The first-order valence-electron chi connectivity index (χ1n) is 9.87.